The van der Waals surface area contributed by atoms with Crippen molar-refractivity contribution in [1.29, 1.82) is 0 Å². The third-order valence-electron chi connectivity index (χ3n) is 3.15. The van der Waals surface area contributed by atoms with Crippen molar-refractivity contribution in [1.82, 2.24) is 9.97 Å². The molecule has 0 radical (unpaired) electrons. The molecule has 0 fully saturated rings. The Morgan fingerprint density at radius 3 is 2.18 bits per heavy atom. The summed E-state index contributed by atoms with van der Waals surface area (Å²) in [6, 6.07) is 0. The first-order valence-corrected chi connectivity index (χ1v) is 8.03. The van der Waals surface area contributed by atoms with Gasteiger partial charge in [-0.3, -0.25) is 0 Å². The number of ether oxygens (including phenoxy) is 1. The Labute approximate surface area is 135 Å². The van der Waals surface area contributed by atoms with Crippen LogP contribution in [-0.4, -0.2) is 22.1 Å². The van der Waals surface area contributed by atoms with E-state index in [1.807, 2.05) is 6.92 Å². The summed E-state index contributed by atoms with van der Waals surface area (Å²) in [7, 11) is 0. The van der Waals surface area contributed by atoms with Gasteiger partial charge in [0, 0.05) is 11.5 Å². The van der Waals surface area contributed by atoms with Gasteiger partial charge in [0.05, 0.1) is 6.61 Å². The molecule has 1 aromatic heterocycles. The first-order valence-electron chi connectivity index (χ1n) is 8.03. The van der Waals surface area contributed by atoms with Crippen LogP contribution in [0.15, 0.2) is 0 Å². The van der Waals surface area contributed by atoms with Crippen molar-refractivity contribution in [2.45, 2.75) is 73.3 Å². The van der Waals surface area contributed by atoms with Gasteiger partial charge in [0.15, 0.2) is 5.82 Å². The zero-order valence-electron chi connectivity index (χ0n) is 15.4. The lowest BCUT2D eigenvalue weighted by molar-refractivity contribution is 0.301. The summed E-state index contributed by atoms with van der Waals surface area (Å²) in [5, 5.41) is 3.48. The number of rotatable bonds is 6. The smallest absolute Gasteiger partial charge is 0.242 e. The van der Waals surface area contributed by atoms with Crippen LogP contribution < -0.4 is 15.8 Å². The van der Waals surface area contributed by atoms with E-state index in [0.29, 0.717) is 24.0 Å². The molecule has 5 nitrogen and oxygen atoms in total. The Bertz CT molecular complexity index is 504. The second kappa shape index (κ2) is 6.71. The molecular weight excluding hydrogens is 276 g/mol. The van der Waals surface area contributed by atoms with Crippen molar-refractivity contribution in [2.75, 3.05) is 17.7 Å². The zero-order valence-corrected chi connectivity index (χ0v) is 15.4. The van der Waals surface area contributed by atoms with Gasteiger partial charge in [0.25, 0.3) is 0 Å². The molecule has 1 heterocycles. The normalized spacial score (nSPS) is 12.6. The van der Waals surface area contributed by atoms with Crippen LogP contribution >= 0.6 is 0 Å². The Kier molecular flexibility index (Phi) is 5.65. The number of nitrogen functional groups attached to an aromatic ring is 1. The van der Waals surface area contributed by atoms with E-state index < -0.39 is 0 Å². The number of nitrogens with zero attached hydrogens (tertiary/aromatic N) is 2. The highest BCUT2D eigenvalue weighted by Gasteiger charge is 2.27. The van der Waals surface area contributed by atoms with Crippen LogP contribution in [0.5, 0.6) is 5.88 Å². The lowest BCUT2D eigenvalue weighted by Crippen LogP contribution is -2.36. The Morgan fingerprint density at radius 2 is 1.73 bits per heavy atom. The third-order valence-corrected chi connectivity index (χ3v) is 3.15. The summed E-state index contributed by atoms with van der Waals surface area (Å²) < 4.78 is 5.57. The van der Waals surface area contributed by atoms with Gasteiger partial charge < -0.3 is 15.8 Å². The molecule has 1 aromatic rings. The van der Waals surface area contributed by atoms with Crippen LogP contribution in [0.3, 0.4) is 0 Å². The van der Waals surface area contributed by atoms with E-state index in [9.17, 15) is 0 Å². The summed E-state index contributed by atoms with van der Waals surface area (Å²) in [5.41, 5.74) is 6.76. The van der Waals surface area contributed by atoms with Gasteiger partial charge in [0.1, 0.15) is 11.5 Å². The van der Waals surface area contributed by atoms with E-state index in [2.05, 4.69) is 63.8 Å². The van der Waals surface area contributed by atoms with Crippen LogP contribution in [0.25, 0.3) is 0 Å². The summed E-state index contributed by atoms with van der Waals surface area (Å²) >= 11 is 0. The first kappa shape index (κ1) is 18.5. The standard InChI is InChI=1S/C17H32N4O/c1-9-22-15-12(18)14(19-13(20-15)11(2)3)21-17(7,8)10-16(4,5)6/h11H,9-10,18H2,1-8H3,(H,19,20,21). The molecule has 0 unspecified atom stereocenters. The minimum Gasteiger partial charge on any atom is -0.476 e. The number of nitrogens with two attached hydrogens (primary N) is 1. The number of hydrogen-bond acceptors (Lipinski definition) is 5. The first-order chi connectivity index (χ1) is 9.95. The van der Waals surface area contributed by atoms with E-state index in [1.54, 1.807) is 0 Å². The molecule has 0 aliphatic heterocycles. The fourth-order valence-corrected chi connectivity index (χ4v) is 2.76. The molecule has 0 spiro atoms. The predicted octanol–water partition coefficient (Wildman–Crippen LogP) is 4.21. The average Bonchev–Trinajstić information content (AvgIpc) is 2.30. The number of aromatic nitrogens is 2. The van der Waals surface area contributed by atoms with E-state index in [0.717, 1.165) is 12.2 Å². The minimum absolute atomic E-state index is 0.127. The molecule has 22 heavy (non-hydrogen) atoms. The minimum atomic E-state index is -0.127. The summed E-state index contributed by atoms with van der Waals surface area (Å²) in [5.74, 6) is 2.09. The number of hydrogen-bond donors (Lipinski definition) is 2. The second-order valence-corrected chi connectivity index (χ2v) is 7.98. The van der Waals surface area contributed by atoms with E-state index in [4.69, 9.17) is 10.5 Å². The van der Waals surface area contributed by atoms with Gasteiger partial charge in [-0.1, -0.05) is 34.6 Å². The van der Waals surface area contributed by atoms with Gasteiger partial charge in [0.2, 0.25) is 5.88 Å². The van der Waals surface area contributed by atoms with E-state index in [1.165, 1.54) is 0 Å². The van der Waals surface area contributed by atoms with Gasteiger partial charge in [-0.15, -0.1) is 0 Å². The van der Waals surface area contributed by atoms with Crippen LogP contribution in [0.1, 0.15) is 73.6 Å². The van der Waals surface area contributed by atoms with E-state index in [-0.39, 0.29) is 16.9 Å². The SMILES string of the molecule is CCOc1nc(C(C)C)nc(NC(C)(C)CC(C)(C)C)c1N. The highest BCUT2D eigenvalue weighted by atomic mass is 16.5. The number of nitrogens with one attached hydrogen (secondary N) is 1. The molecule has 0 atom stereocenters. The molecule has 5 heteroatoms. The Hall–Kier alpha value is -1.52. The monoisotopic (exact) mass is 308 g/mol. The van der Waals surface area contributed by atoms with Crippen LogP contribution in [0.2, 0.25) is 0 Å². The fourth-order valence-electron chi connectivity index (χ4n) is 2.76. The predicted molar refractivity (Wildman–Crippen MR) is 93.5 cm³/mol. The van der Waals surface area contributed by atoms with Crippen molar-refractivity contribution >= 4 is 11.5 Å². The molecule has 1 rings (SSSR count). The lowest BCUT2D eigenvalue weighted by Gasteiger charge is -2.34. The van der Waals surface area contributed by atoms with Gasteiger partial charge in [-0.05, 0) is 32.6 Å². The van der Waals surface area contributed by atoms with Crippen molar-refractivity contribution < 1.29 is 4.74 Å². The van der Waals surface area contributed by atoms with Gasteiger partial charge in [-0.2, -0.15) is 4.98 Å². The summed E-state index contributed by atoms with van der Waals surface area (Å²) in [6.07, 6.45) is 0.990. The summed E-state index contributed by atoms with van der Waals surface area (Å²) in [4.78, 5) is 9.03. The largest absolute Gasteiger partial charge is 0.476 e. The lowest BCUT2D eigenvalue weighted by atomic mass is 9.82. The molecule has 126 valence electrons. The summed E-state index contributed by atoms with van der Waals surface area (Å²) in [6.45, 7) is 17.6. The van der Waals surface area contributed by atoms with Crippen LogP contribution in [-0.2, 0) is 0 Å². The van der Waals surface area contributed by atoms with Crippen LogP contribution in [0.4, 0.5) is 11.5 Å². The van der Waals surface area contributed by atoms with Crippen molar-refractivity contribution in [2.24, 2.45) is 5.41 Å². The third kappa shape index (κ3) is 5.35. The topological polar surface area (TPSA) is 73.1 Å². The Morgan fingerprint density at radius 1 is 1.14 bits per heavy atom. The van der Waals surface area contributed by atoms with Crippen molar-refractivity contribution in [3.8, 4) is 5.88 Å². The van der Waals surface area contributed by atoms with Gasteiger partial charge in [-0.25, -0.2) is 4.98 Å². The molecule has 0 aliphatic rings. The fraction of sp³-hybridized carbons (Fsp3) is 0.765. The molecule has 0 saturated heterocycles. The number of anilines is 2. The zero-order chi connectivity index (χ0) is 17.1. The molecule has 0 bridgehead atoms. The molecule has 0 aromatic carbocycles. The van der Waals surface area contributed by atoms with Crippen LogP contribution in [0, 0.1) is 5.41 Å². The van der Waals surface area contributed by atoms with Gasteiger partial charge >= 0.3 is 0 Å². The molecule has 0 saturated carbocycles. The molecule has 3 N–H and O–H groups in total. The van der Waals surface area contributed by atoms with Crippen molar-refractivity contribution in [3.63, 3.8) is 0 Å². The Balaban J connectivity index is 3.17. The molecular formula is C17H32N4O. The maximum atomic E-state index is 6.20. The maximum Gasteiger partial charge on any atom is 0.242 e. The average molecular weight is 308 g/mol. The van der Waals surface area contributed by atoms with Crippen molar-refractivity contribution in [3.05, 3.63) is 5.82 Å². The molecule has 0 aliphatic carbocycles. The van der Waals surface area contributed by atoms with E-state index >= 15 is 0 Å². The highest BCUT2D eigenvalue weighted by Crippen LogP contribution is 2.34. The quantitative estimate of drug-likeness (QED) is 0.823. The maximum absolute atomic E-state index is 6.20. The highest BCUT2D eigenvalue weighted by molar-refractivity contribution is 5.67. The second-order valence-electron chi connectivity index (χ2n) is 7.98. The molecule has 0 amide bonds.